The summed E-state index contributed by atoms with van der Waals surface area (Å²) in [5.41, 5.74) is -0.895. The summed E-state index contributed by atoms with van der Waals surface area (Å²) in [4.78, 5) is 12.1. The van der Waals surface area contributed by atoms with Crippen molar-refractivity contribution in [3.8, 4) is 0 Å². The zero-order valence-electron chi connectivity index (χ0n) is 12.8. The van der Waals surface area contributed by atoms with E-state index in [0.29, 0.717) is 10.8 Å². The van der Waals surface area contributed by atoms with Gasteiger partial charge in [0.25, 0.3) is 0 Å². The van der Waals surface area contributed by atoms with Crippen LogP contribution in [-0.4, -0.2) is 23.8 Å². The Morgan fingerprint density at radius 3 is 1.77 bits per heavy atom. The van der Waals surface area contributed by atoms with Gasteiger partial charge < -0.3 is 0 Å². The highest BCUT2D eigenvalue weighted by atomic mass is 19.4. The number of hydrogen-bond donors (Lipinski definition) is 0. The molecule has 0 saturated heterocycles. The van der Waals surface area contributed by atoms with Gasteiger partial charge in [0.1, 0.15) is 0 Å². The van der Waals surface area contributed by atoms with E-state index in [0.717, 1.165) is 6.07 Å². The van der Waals surface area contributed by atoms with Crippen LogP contribution in [0.25, 0.3) is 21.5 Å². The molecule has 0 atom stereocenters. The fourth-order valence-electron chi connectivity index (χ4n) is 2.73. The summed E-state index contributed by atoms with van der Waals surface area (Å²) in [5.74, 6) is -15.0. The van der Waals surface area contributed by atoms with Crippen LogP contribution in [0.1, 0.15) is 10.4 Å². The maximum absolute atomic E-state index is 13.9. The summed E-state index contributed by atoms with van der Waals surface area (Å²) in [6, 6.07) is 12.7. The van der Waals surface area contributed by atoms with Crippen molar-refractivity contribution >= 4 is 27.3 Å². The molecule has 0 saturated carbocycles. The van der Waals surface area contributed by atoms with Crippen molar-refractivity contribution in [1.29, 1.82) is 0 Å². The van der Waals surface area contributed by atoms with Crippen molar-refractivity contribution in [2.24, 2.45) is 0 Å². The zero-order chi connectivity index (χ0) is 19.3. The minimum atomic E-state index is -6.57. The molecule has 0 N–H and O–H groups in total. The van der Waals surface area contributed by atoms with Gasteiger partial charge in [0.2, 0.25) is 5.78 Å². The van der Waals surface area contributed by atoms with Crippen molar-refractivity contribution in [2.45, 2.75) is 18.0 Å². The predicted octanol–water partition coefficient (Wildman–Crippen LogP) is 6.01. The molecule has 3 aromatic rings. The van der Waals surface area contributed by atoms with Crippen LogP contribution >= 0.6 is 0 Å². The molecule has 26 heavy (non-hydrogen) atoms. The summed E-state index contributed by atoms with van der Waals surface area (Å²) < 4.78 is 91.5. The number of benzene rings is 3. The molecule has 0 aromatic heterocycles. The van der Waals surface area contributed by atoms with Crippen LogP contribution < -0.4 is 0 Å². The summed E-state index contributed by atoms with van der Waals surface area (Å²) in [5, 5.41) is 0.972. The maximum atomic E-state index is 13.9. The minimum Gasteiger partial charge on any atom is -0.287 e. The van der Waals surface area contributed by atoms with E-state index in [2.05, 4.69) is 0 Å². The predicted molar refractivity (Wildman–Crippen MR) is 81.7 cm³/mol. The summed E-state index contributed by atoms with van der Waals surface area (Å²) in [6.07, 6.45) is -6.57. The topological polar surface area (TPSA) is 17.1 Å². The van der Waals surface area contributed by atoms with E-state index in [1.165, 1.54) is 36.4 Å². The second-order valence-electron chi connectivity index (χ2n) is 5.67. The highest BCUT2D eigenvalue weighted by molar-refractivity contribution is 6.19. The van der Waals surface area contributed by atoms with Gasteiger partial charge >= 0.3 is 18.0 Å². The van der Waals surface area contributed by atoms with Crippen molar-refractivity contribution in [1.82, 2.24) is 0 Å². The third-order valence-electron chi connectivity index (χ3n) is 4.05. The van der Waals surface area contributed by atoms with E-state index >= 15 is 0 Å². The molecular weight excluding hydrogens is 365 g/mol. The zero-order valence-corrected chi connectivity index (χ0v) is 12.8. The quantitative estimate of drug-likeness (QED) is 0.312. The Morgan fingerprint density at radius 1 is 0.692 bits per heavy atom. The fraction of sp³-hybridized carbons (Fsp3) is 0.167. The van der Waals surface area contributed by atoms with Gasteiger partial charge in [-0.3, -0.25) is 4.79 Å². The van der Waals surface area contributed by atoms with Crippen LogP contribution in [-0.2, 0) is 0 Å². The summed E-state index contributed by atoms with van der Waals surface area (Å²) >= 11 is 0. The number of hydrogen-bond acceptors (Lipinski definition) is 1. The van der Waals surface area contributed by atoms with Gasteiger partial charge in [0.05, 0.1) is 0 Å². The molecule has 0 bridgehead atoms. The molecule has 0 aliphatic carbocycles. The molecule has 0 radical (unpaired) electrons. The normalized spacial score (nSPS) is 13.3. The van der Waals surface area contributed by atoms with Gasteiger partial charge in [-0.15, -0.1) is 0 Å². The number of rotatable bonds is 3. The number of Topliss-reactive ketones (excluding diaryl/α,β-unsaturated/α-hetero) is 1. The van der Waals surface area contributed by atoms with Crippen molar-refractivity contribution in [3.05, 3.63) is 60.2 Å². The fourth-order valence-corrected chi connectivity index (χ4v) is 2.73. The lowest BCUT2D eigenvalue weighted by Gasteiger charge is -2.27. The van der Waals surface area contributed by atoms with Gasteiger partial charge in [-0.05, 0) is 27.6 Å². The van der Waals surface area contributed by atoms with Crippen LogP contribution in [0, 0.1) is 0 Å². The first kappa shape index (κ1) is 18.2. The Labute approximate surface area is 142 Å². The van der Waals surface area contributed by atoms with E-state index in [1.54, 1.807) is 12.1 Å². The minimum absolute atomic E-state index is 0.131. The molecule has 1 nitrogen and oxygen atoms in total. The van der Waals surface area contributed by atoms with Crippen molar-refractivity contribution < 1.29 is 35.5 Å². The maximum Gasteiger partial charge on any atom is 0.460 e. The number of carbonyl (C=O) groups excluding carboxylic acids is 1. The second-order valence-corrected chi connectivity index (χ2v) is 5.67. The lowest BCUT2D eigenvalue weighted by Crippen LogP contribution is -2.56. The third-order valence-corrected chi connectivity index (χ3v) is 4.05. The van der Waals surface area contributed by atoms with E-state index in [1.807, 2.05) is 0 Å². The summed E-state index contributed by atoms with van der Waals surface area (Å²) in [6.45, 7) is 0. The van der Waals surface area contributed by atoms with Crippen LogP contribution in [0.15, 0.2) is 54.6 Å². The largest absolute Gasteiger partial charge is 0.460 e. The summed E-state index contributed by atoms with van der Waals surface area (Å²) in [7, 11) is 0. The Morgan fingerprint density at radius 2 is 1.19 bits per heavy atom. The van der Waals surface area contributed by atoms with Gasteiger partial charge in [0.15, 0.2) is 0 Å². The standard InChI is InChI=1S/C18H9F7O/c19-16(20,17(21,22)18(23,24)25)15(26)14-9-10-5-1-2-6-11(10)12-7-3-4-8-13(12)14/h1-9H. The molecule has 8 heteroatoms. The van der Waals surface area contributed by atoms with Crippen LogP contribution in [0.3, 0.4) is 0 Å². The van der Waals surface area contributed by atoms with E-state index in [4.69, 9.17) is 0 Å². The Hall–Kier alpha value is -2.64. The van der Waals surface area contributed by atoms with Crippen molar-refractivity contribution in [2.75, 3.05) is 0 Å². The Kier molecular flexibility index (Phi) is 3.97. The van der Waals surface area contributed by atoms with Gasteiger partial charge in [-0.2, -0.15) is 30.7 Å². The van der Waals surface area contributed by atoms with Crippen LogP contribution in [0.4, 0.5) is 30.7 Å². The van der Waals surface area contributed by atoms with E-state index < -0.39 is 29.4 Å². The molecule has 3 aromatic carbocycles. The second kappa shape index (κ2) is 5.69. The molecule has 0 unspecified atom stereocenters. The first-order valence-corrected chi connectivity index (χ1v) is 7.26. The average molecular weight is 374 g/mol. The van der Waals surface area contributed by atoms with E-state index in [9.17, 15) is 35.5 Å². The van der Waals surface area contributed by atoms with Gasteiger partial charge in [0, 0.05) is 5.56 Å². The third kappa shape index (κ3) is 2.51. The SMILES string of the molecule is O=C(c1cc2ccccc2c2ccccc12)C(F)(F)C(F)(F)C(F)(F)F. The average Bonchev–Trinajstić information content (AvgIpc) is 2.59. The van der Waals surface area contributed by atoms with E-state index in [-0.39, 0.29) is 10.8 Å². The highest BCUT2D eigenvalue weighted by Gasteiger charge is 2.76. The number of halogens is 7. The van der Waals surface area contributed by atoms with Crippen molar-refractivity contribution in [3.63, 3.8) is 0 Å². The number of carbonyl (C=O) groups is 1. The number of alkyl halides is 7. The lowest BCUT2D eigenvalue weighted by atomic mass is 9.91. The highest BCUT2D eigenvalue weighted by Crippen LogP contribution is 2.48. The Balaban J connectivity index is 2.29. The molecule has 0 amide bonds. The van der Waals surface area contributed by atoms with Gasteiger partial charge in [-0.1, -0.05) is 48.5 Å². The first-order chi connectivity index (χ1) is 12.0. The smallest absolute Gasteiger partial charge is 0.287 e. The molecule has 0 heterocycles. The molecule has 0 aliphatic heterocycles. The molecule has 3 rings (SSSR count). The lowest BCUT2D eigenvalue weighted by molar-refractivity contribution is -0.339. The van der Waals surface area contributed by atoms with Gasteiger partial charge in [-0.25, -0.2) is 0 Å². The van der Waals surface area contributed by atoms with Crippen LogP contribution in [0.5, 0.6) is 0 Å². The molecule has 0 spiro atoms. The number of fused-ring (bicyclic) bond motifs is 3. The Bertz CT molecular complexity index is 1010. The van der Waals surface area contributed by atoms with Crippen LogP contribution in [0.2, 0.25) is 0 Å². The molecular formula is C18H9F7O. The molecule has 0 fully saturated rings. The molecule has 0 aliphatic rings. The first-order valence-electron chi connectivity index (χ1n) is 7.26. The molecule has 136 valence electrons. The number of ketones is 1. The monoisotopic (exact) mass is 374 g/mol.